The molecule has 1 aliphatic heterocycles. The van der Waals surface area contributed by atoms with Crippen LogP contribution in [0.1, 0.15) is 31.9 Å². The number of carbonyl (C=O) groups excluding carboxylic acids is 3. The number of fused-ring (bicyclic) bond motifs is 1. The number of hydrogen-bond acceptors (Lipinski definition) is 3. The lowest BCUT2D eigenvalue weighted by Crippen LogP contribution is -2.52. The van der Waals surface area contributed by atoms with E-state index in [-0.39, 0.29) is 30.3 Å². The smallest absolute Gasteiger partial charge is 0.317 e. The van der Waals surface area contributed by atoms with E-state index in [0.717, 1.165) is 29.4 Å². The predicted octanol–water partition coefficient (Wildman–Crippen LogP) is 2.48. The standard InChI is InChI=1S/C21H28ClN5O3/c1-14(28)23-8-7-20(29)27-9-3-4-18(13-27)26(2)21(30)24-12-17-11-15-10-16(22)5-6-19(15)25-17/h5-6,10-11,18,25H,3-4,7-9,12-13H2,1-2H3,(H,23,28)(H,24,30). The van der Waals surface area contributed by atoms with E-state index in [1.807, 2.05) is 24.3 Å². The van der Waals surface area contributed by atoms with Gasteiger partial charge in [0.25, 0.3) is 0 Å². The minimum atomic E-state index is -0.177. The van der Waals surface area contributed by atoms with Crippen molar-refractivity contribution in [1.29, 1.82) is 0 Å². The molecule has 1 saturated heterocycles. The molecule has 9 heteroatoms. The molecule has 30 heavy (non-hydrogen) atoms. The van der Waals surface area contributed by atoms with Gasteiger partial charge < -0.3 is 25.4 Å². The van der Waals surface area contributed by atoms with E-state index in [9.17, 15) is 14.4 Å². The maximum Gasteiger partial charge on any atom is 0.317 e. The summed E-state index contributed by atoms with van der Waals surface area (Å²) in [4.78, 5) is 42.7. The number of H-pyrrole nitrogens is 1. The van der Waals surface area contributed by atoms with Gasteiger partial charge in [0.05, 0.1) is 12.6 Å². The predicted molar refractivity (Wildman–Crippen MR) is 116 cm³/mol. The second-order valence-corrected chi connectivity index (χ2v) is 8.10. The first kappa shape index (κ1) is 22.0. The Morgan fingerprint density at radius 3 is 2.83 bits per heavy atom. The zero-order valence-electron chi connectivity index (χ0n) is 17.3. The Bertz CT molecular complexity index is 929. The van der Waals surface area contributed by atoms with Crippen LogP contribution in [0.2, 0.25) is 5.02 Å². The van der Waals surface area contributed by atoms with Gasteiger partial charge in [-0.15, -0.1) is 0 Å². The number of aromatic amines is 1. The minimum absolute atomic E-state index is 0.000931. The lowest BCUT2D eigenvalue weighted by Gasteiger charge is -2.37. The Hall–Kier alpha value is -2.74. The average molecular weight is 434 g/mol. The molecule has 0 spiro atoms. The average Bonchev–Trinajstić information content (AvgIpc) is 3.13. The number of carbonyl (C=O) groups is 3. The van der Waals surface area contributed by atoms with Crippen molar-refractivity contribution >= 4 is 40.3 Å². The highest BCUT2D eigenvalue weighted by Crippen LogP contribution is 2.20. The molecule has 3 N–H and O–H groups in total. The molecule has 1 atom stereocenters. The third kappa shape index (κ3) is 5.66. The number of piperidine rings is 1. The summed E-state index contributed by atoms with van der Waals surface area (Å²) in [5.74, 6) is -0.146. The first-order valence-electron chi connectivity index (χ1n) is 10.1. The van der Waals surface area contributed by atoms with E-state index in [1.54, 1.807) is 16.8 Å². The topological polar surface area (TPSA) is 97.5 Å². The maximum absolute atomic E-state index is 12.6. The van der Waals surface area contributed by atoms with E-state index in [0.29, 0.717) is 31.2 Å². The van der Waals surface area contributed by atoms with Gasteiger partial charge in [-0.1, -0.05) is 11.6 Å². The number of nitrogens with zero attached hydrogens (tertiary/aromatic N) is 2. The molecule has 0 saturated carbocycles. The number of rotatable bonds is 6. The van der Waals surface area contributed by atoms with Crippen LogP contribution in [-0.2, 0) is 16.1 Å². The van der Waals surface area contributed by atoms with E-state index < -0.39 is 0 Å². The number of halogens is 1. The van der Waals surface area contributed by atoms with Gasteiger partial charge in [-0.25, -0.2) is 4.79 Å². The largest absolute Gasteiger partial charge is 0.357 e. The Morgan fingerprint density at radius 1 is 1.27 bits per heavy atom. The molecule has 3 rings (SSSR count). The molecule has 0 aliphatic carbocycles. The molecule has 2 aromatic rings. The molecule has 4 amide bonds. The van der Waals surface area contributed by atoms with Crippen molar-refractivity contribution < 1.29 is 14.4 Å². The SMILES string of the molecule is CC(=O)NCCC(=O)N1CCCC(N(C)C(=O)NCc2cc3cc(Cl)ccc3[nH]2)C1. The highest BCUT2D eigenvalue weighted by atomic mass is 35.5. The Labute approximate surface area is 180 Å². The third-order valence-electron chi connectivity index (χ3n) is 5.40. The van der Waals surface area contributed by atoms with Crippen LogP contribution < -0.4 is 10.6 Å². The molecule has 162 valence electrons. The third-order valence-corrected chi connectivity index (χ3v) is 5.63. The molecule has 1 aromatic carbocycles. The van der Waals surface area contributed by atoms with Crippen molar-refractivity contribution in [1.82, 2.24) is 25.4 Å². The summed E-state index contributed by atoms with van der Waals surface area (Å²) in [6.07, 6.45) is 1.97. The fourth-order valence-corrected chi connectivity index (χ4v) is 3.90. The van der Waals surface area contributed by atoms with Gasteiger partial charge in [-0.3, -0.25) is 9.59 Å². The van der Waals surface area contributed by atoms with Crippen LogP contribution in [0.25, 0.3) is 10.9 Å². The highest BCUT2D eigenvalue weighted by Gasteiger charge is 2.28. The monoisotopic (exact) mass is 433 g/mol. The van der Waals surface area contributed by atoms with Crippen LogP contribution in [-0.4, -0.2) is 65.4 Å². The molecule has 1 unspecified atom stereocenters. The van der Waals surface area contributed by atoms with Crippen molar-refractivity contribution in [3.8, 4) is 0 Å². The Kier molecular flexibility index (Phi) is 7.20. The lowest BCUT2D eigenvalue weighted by atomic mass is 10.0. The van der Waals surface area contributed by atoms with Gasteiger partial charge >= 0.3 is 6.03 Å². The second kappa shape index (κ2) is 9.84. The normalized spacial score (nSPS) is 16.4. The summed E-state index contributed by atoms with van der Waals surface area (Å²) in [6.45, 7) is 3.33. The van der Waals surface area contributed by atoms with Crippen LogP contribution in [0.3, 0.4) is 0 Å². The molecule has 1 fully saturated rings. The molecule has 1 aliphatic rings. The summed E-state index contributed by atoms with van der Waals surface area (Å²) in [6, 6.07) is 7.37. The summed E-state index contributed by atoms with van der Waals surface area (Å²) < 4.78 is 0. The van der Waals surface area contributed by atoms with Crippen molar-refractivity contribution in [2.75, 3.05) is 26.7 Å². The van der Waals surface area contributed by atoms with Crippen LogP contribution in [0.5, 0.6) is 0 Å². The number of amides is 4. The minimum Gasteiger partial charge on any atom is -0.357 e. The second-order valence-electron chi connectivity index (χ2n) is 7.66. The fourth-order valence-electron chi connectivity index (χ4n) is 3.72. The van der Waals surface area contributed by atoms with Gasteiger partial charge in [0.2, 0.25) is 11.8 Å². The lowest BCUT2D eigenvalue weighted by molar-refractivity contribution is -0.133. The number of aromatic nitrogens is 1. The maximum atomic E-state index is 12.6. The number of likely N-dealkylation sites (N-methyl/N-ethyl adjacent to an activating group) is 1. The first-order valence-corrected chi connectivity index (χ1v) is 10.5. The molecule has 0 bridgehead atoms. The Morgan fingerprint density at radius 2 is 2.07 bits per heavy atom. The summed E-state index contributed by atoms with van der Waals surface area (Å²) in [5.41, 5.74) is 1.87. The van der Waals surface area contributed by atoms with E-state index in [1.165, 1.54) is 6.92 Å². The summed E-state index contributed by atoms with van der Waals surface area (Å²) in [5, 5.41) is 7.25. The van der Waals surface area contributed by atoms with Crippen LogP contribution in [0.15, 0.2) is 24.3 Å². The zero-order chi connectivity index (χ0) is 21.7. The molecule has 8 nitrogen and oxygen atoms in total. The fraction of sp³-hybridized carbons (Fsp3) is 0.476. The number of hydrogen-bond donors (Lipinski definition) is 3. The van der Waals surface area contributed by atoms with Gasteiger partial charge in [0.1, 0.15) is 0 Å². The van der Waals surface area contributed by atoms with Crippen molar-refractivity contribution in [2.24, 2.45) is 0 Å². The van der Waals surface area contributed by atoms with Gasteiger partial charge in [-0.2, -0.15) is 0 Å². The summed E-state index contributed by atoms with van der Waals surface area (Å²) >= 11 is 6.02. The molecule has 1 aromatic heterocycles. The van der Waals surface area contributed by atoms with Crippen LogP contribution >= 0.6 is 11.6 Å². The van der Waals surface area contributed by atoms with E-state index >= 15 is 0 Å². The van der Waals surface area contributed by atoms with Crippen LogP contribution in [0.4, 0.5) is 4.79 Å². The molecule has 0 radical (unpaired) electrons. The number of nitrogens with one attached hydrogen (secondary N) is 3. The number of likely N-dealkylation sites (tertiary alicyclic amines) is 1. The number of urea groups is 1. The Balaban J connectivity index is 1.50. The first-order chi connectivity index (χ1) is 14.3. The highest BCUT2D eigenvalue weighted by molar-refractivity contribution is 6.31. The van der Waals surface area contributed by atoms with Gasteiger partial charge in [0.15, 0.2) is 0 Å². The van der Waals surface area contributed by atoms with Gasteiger partial charge in [-0.05, 0) is 37.1 Å². The van der Waals surface area contributed by atoms with Gasteiger partial charge in [0, 0.05) is 61.6 Å². The summed E-state index contributed by atoms with van der Waals surface area (Å²) in [7, 11) is 1.76. The molecule has 2 heterocycles. The zero-order valence-corrected chi connectivity index (χ0v) is 18.1. The van der Waals surface area contributed by atoms with Crippen molar-refractivity contribution in [3.63, 3.8) is 0 Å². The molecular formula is C21H28ClN5O3. The quantitative estimate of drug-likeness (QED) is 0.652. The van der Waals surface area contributed by atoms with Crippen LogP contribution in [0, 0.1) is 0 Å². The molecular weight excluding hydrogens is 406 g/mol. The van der Waals surface area contributed by atoms with E-state index in [2.05, 4.69) is 15.6 Å². The van der Waals surface area contributed by atoms with E-state index in [4.69, 9.17) is 11.6 Å². The van der Waals surface area contributed by atoms with Crippen molar-refractivity contribution in [3.05, 3.63) is 35.0 Å². The number of benzene rings is 1. The van der Waals surface area contributed by atoms with Crippen molar-refractivity contribution in [2.45, 2.75) is 38.8 Å².